The maximum absolute atomic E-state index is 12.9. The van der Waals surface area contributed by atoms with Gasteiger partial charge >= 0.3 is 17.9 Å². The first-order chi connectivity index (χ1) is 38.5. The maximum Gasteiger partial charge on any atom is 0.306 e. The Bertz CT molecular complexity index is 1390. The van der Waals surface area contributed by atoms with Gasteiger partial charge in [0.1, 0.15) is 13.2 Å². The van der Waals surface area contributed by atoms with Gasteiger partial charge in [-0.3, -0.25) is 14.4 Å². The largest absolute Gasteiger partial charge is 0.462 e. The van der Waals surface area contributed by atoms with Gasteiger partial charge in [-0.2, -0.15) is 0 Å². The van der Waals surface area contributed by atoms with E-state index < -0.39 is 6.10 Å². The Morgan fingerprint density at radius 1 is 0.269 bits per heavy atom. The Labute approximate surface area is 485 Å². The van der Waals surface area contributed by atoms with Crippen molar-refractivity contribution >= 4 is 17.9 Å². The normalized spacial score (nSPS) is 12.4. The summed E-state index contributed by atoms with van der Waals surface area (Å²) in [6.07, 6.45) is 85.7. The van der Waals surface area contributed by atoms with E-state index in [4.69, 9.17) is 14.2 Å². The van der Waals surface area contributed by atoms with Crippen molar-refractivity contribution in [2.45, 2.75) is 367 Å². The summed E-state index contributed by atoms with van der Waals surface area (Å²) in [6, 6.07) is 0. The molecule has 78 heavy (non-hydrogen) atoms. The molecule has 0 aliphatic rings. The molecule has 0 spiro atoms. The summed E-state index contributed by atoms with van der Waals surface area (Å²) in [5.74, 6) is -0.859. The van der Waals surface area contributed by atoms with Crippen LogP contribution in [0.5, 0.6) is 0 Å². The predicted octanol–water partition coefficient (Wildman–Crippen LogP) is 23.5. The van der Waals surface area contributed by atoms with Crippen LogP contribution in [-0.4, -0.2) is 37.2 Å². The molecule has 0 aromatic carbocycles. The fourth-order valence-corrected chi connectivity index (χ4v) is 10.1. The molecule has 1 unspecified atom stereocenters. The third-order valence-electron chi connectivity index (χ3n) is 15.3. The highest BCUT2D eigenvalue weighted by molar-refractivity contribution is 5.71. The van der Waals surface area contributed by atoms with Crippen LogP contribution in [0, 0.1) is 0 Å². The predicted molar refractivity (Wildman–Crippen MR) is 339 cm³/mol. The maximum atomic E-state index is 12.9. The first-order valence-electron chi connectivity index (χ1n) is 34.3. The Hall–Kier alpha value is -2.89. The van der Waals surface area contributed by atoms with Crippen molar-refractivity contribution in [3.05, 3.63) is 60.8 Å². The lowest BCUT2D eigenvalue weighted by Crippen LogP contribution is -2.30. The molecule has 0 N–H and O–H groups in total. The van der Waals surface area contributed by atoms with Gasteiger partial charge in [0.15, 0.2) is 6.10 Å². The molecule has 0 aliphatic heterocycles. The molecule has 1 atom stereocenters. The summed E-state index contributed by atoms with van der Waals surface area (Å²) < 4.78 is 16.9. The SMILES string of the molecule is CC/C=C\C/C=C\C/C=C\C/C=C\CCCCCCCCCCCCCCCCCCC(=O)OCC(COC(=O)CCCCCCCC)OC(=O)CCCCCCCCCCCCCCC/C=C\CCCCCCCCCC. The Morgan fingerprint density at radius 2 is 0.500 bits per heavy atom. The van der Waals surface area contributed by atoms with Gasteiger partial charge in [-0.05, 0) is 83.5 Å². The molecule has 0 amide bonds. The van der Waals surface area contributed by atoms with Crippen molar-refractivity contribution in [3.8, 4) is 0 Å². The zero-order valence-corrected chi connectivity index (χ0v) is 52.2. The number of unbranched alkanes of at least 4 members (excludes halogenated alkanes) is 42. The van der Waals surface area contributed by atoms with Crippen molar-refractivity contribution in [1.29, 1.82) is 0 Å². The van der Waals surface area contributed by atoms with E-state index >= 15 is 0 Å². The minimum Gasteiger partial charge on any atom is -0.462 e. The summed E-state index contributed by atoms with van der Waals surface area (Å²) in [5.41, 5.74) is 0. The molecule has 0 bridgehead atoms. The molecule has 0 aromatic rings. The van der Waals surface area contributed by atoms with Crippen LogP contribution in [0.15, 0.2) is 60.8 Å². The third kappa shape index (κ3) is 63.9. The average Bonchev–Trinajstić information content (AvgIpc) is 3.44. The smallest absolute Gasteiger partial charge is 0.306 e. The molecular weight excluding hydrogens is 961 g/mol. The molecule has 454 valence electrons. The second-order valence-electron chi connectivity index (χ2n) is 23.1. The second kappa shape index (κ2) is 66.6. The van der Waals surface area contributed by atoms with E-state index in [1.165, 1.54) is 238 Å². The monoisotopic (exact) mass is 1090 g/mol. The van der Waals surface area contributed by atoms with Crippen molar-refractivity contribution in [3.63, 3.8) is 0 Å². The minimum absolute atomic E-state index is 0.0697. The number of hydrogen-bond donors (Lipinski definition) is 0. The van der Waals surface area contributed by atoms with E-state index in [9.17, 15) is 14.4 Å². The number of rotatable bonds is 63. The molecule has 0 aromatic heterocycles. The standard InChI is InChI=1S/C72H130O6/c1-4-7-10-13-16-18-20-22-24-26-28-30-32-34-35-36-37-39-40-42-44-46-48-50-52-54-56-59-62-65-71(74)77-68-69(67-76-70(73)64-61-58-15-12-9-6-3)78-72(75)66-63-60-57-55-53-51-49-47-45-43-41-38-33-31-29-27-25-23-21-19-17-14-11-8-5-2/h7,10,16,18,22,24,27-30,69H,4-6,8-9,11-15,17,19-21,23,25-26,31-68H2,1-3H3/b10-7-,18-16-,24-22-,29-27-,30-28-. The summed E-state index contributed by atoms with van der Waals surface area (Å²) in [7, 11) is 0. The second-order valence-corrected chi connectivity index (χ2v) is 23.1. The summed E-state index contributed by atoms with van der Waals surface area (Å²) >= 11 is 0. The number of hydrogen-bond acceptors (Lipinski definition) is 6. The number of carbonyl (C=O) groups excluding carboxylic acids is 3. The quantitative estimate of drug-likeness (QED) is 0.0261. The van der Waals surface area contributed by atoms with E-state index in [2.05, 4.69) is 81.5 Å². The lowest BCUT2D eigenvalue weighted by atomic mass is 10.0. The molecule has 0 radical (unpaired) electrons. The zero-order chi connectivity index (χ0) is 56.4. The zero-order valence-electron chi connectivity index (χ0n) is 52.2. The molecular formula is C72H130O6. The fourth-order valence-electron chi connectivity index (χ4n) is 10.1. The van der Waals surface area contributed by atoms with Gasteiger partial charge in [0, 0.05) is 19.3 Å². The van der Waals surface area contributed by atoms with E-state index in [0.29, 0.717) is 19.3 Å². The van der Waals surface area contributed by atoms with Gasteiger partial charge < -0.3 is 14.2 Å². The van der Waals surface area contributed by atoms with Crippen LogP contribution in [0.25, 0.3) is 0 Å². The molecule has 0 saturated heterocycles. The highest BCUT2D eigenvalue weighted by Crippen LogP contribution is 2.18. The number of ether oxygens (including phenoxy) is 3. The van der Waals surface area contributed by atoms with E-state index in [1.807, 2.05) is 0 Å². The molecule has 0 saturated carbocycles. The van der Waals surface area contributed by atoms with E-state index in [-0.39, 0.29) is 31.1 Å². The summed E-state index contributed by atoms with van der Waals surface area (Å²) in [5, 5.41) is 0. The van der Waals surface area contributed by atoms with Crippen molar-refractivity contribution in [2.24, 2.45) is 0 Å². The van der Waals surface area contributed by atoms with Crippen LogP contribution in [-0.2, 0) is 28.6 Å². The third-order valence-corrected chi connectivity index (χ3v) is 15.3. The van der Waals surface area contributed by atoms with Gasteiger partial charge in [0.05, 0.1) is 0 Å². The molecule has 0 aliphatic carbocycles. The van der Waals surface area contributed by atoms with Gasteiger partial charge in [-0.25, -0.2) is 0 Å². The lowest BCUT2D eigenvalue weighted by molar-refractivity contribution is -0.167. The van der Waals surface area contributed by atoms with Gasteiger partial charge in [0.2, 0.25) is 0 Å². The van der Waals surface area contributed by atoms with Crippen LogP contribution in [0.4, 0.5) is 0 Å². The Balaban J connectivity index is 4.00. The number of esters is 3. The molecule has 0 rings (SSSR count). The Kier molecular flexibility index (Phi) is 64.2. The molecule has 6 nitrogen and oxygen atoms in total. The van der Waals surface area contributed by atoms with Crippen LogP contribution < -0.4 is 0 Å². The number of carbonyl (C=O) groups is 3. The minimum atomic E-state index is -0.769. The number of allylic oxidation sites excluding steroid dienone is 10. The highest BCUT2D eigenvalue weighted by atomic mass is 16.6. The average molecular weight is 1090 g/mol. The van der Waals surface area contributed by atoms with Crippen molar-refractivity contribution < 1.29 is 28.6 Å². The Morgan fingerprint density at radius 3 is 0.795 bits per heavy atom. The van der Waals surface area contributed by atoms with E-state index in [1.54, 1.807) is 0 Å². The van der Waals surface area contributed by atoms with Crippen molar-refractivity contribution in [2.75, 3.05) is 13.2 Å². The highest BCUT2D eigenvalue weighted by Gasteiger charge is 2.19. The van der Waals surface area contributed by atoms with Crippen LogP contribution >= 0.6 is 0 Å². The lowest BCUT2D eigenvalue weighted by Gasteiger charge is -2.18. The molecule has 0 heterocycles. The van der Waals surface area contributed by atoms with E-state index in [0.717, 1.165) is 83.5 Å². The molecule has 0 fully saturated rings. The van der Waals surface area contributed by atoms with Gasteiger partial charge in [0.25, 0.3) is 0 Å². The molecule has 6 heteroatoms. The van der Waals surface area contributed by atoms with Crippen molar-refractivity contribution in [1.82, 2.24) is 0 Å². The van der Waals surface area contributed by atoms with Crippen LogP contribution in [0.1, 0.15) is 361 Å². The first-order valence-corrected chi connectivity index (χ1v) is 34.3. The van der Waals surface area contributed by atoms with Gasteiger partial charge in [-0.15, -0.1) is 0 Å². The van der Waals surface area contributed by atoms with Crippen LogP contribution in [0.3, 0.4) is 0 Å². The van der Waals surface area contributed by atoms with Gasteiger partial charge in [-0.1, -0.05) is 319 Å². The fraction of sp³-hybridized carbons (Fsp3) is 0.819. The first kappa shape index (κ1) is 75.1. The summed E-state index contributed by atoms with van der Waals surface area (Å²) in [6.45, 7) is 6.52. The summed E-state index contributed by atoms with van der Waals surface area (Å²) in [4.78, 5) is 38.1. The van der Waals surface area contributed by atoms with Crippen LogP contribution in [0.2, 0.25) is 0 Å². The topological polar surface area (TPSA) is 78.9 Å².